The highest BCUT2D eigenvalue weighted by Crippen LogP contribution is 2.33. The Hall–Kier alpha value is -4.58. The predicted octanol–water partition coefficient (Wildman–Crippen LogP) is 4.61. The molecule has 10 nitrogen and oxygen atoms in total. The fourth-order valence-electron chi connectivity index (χ4n) is 3.61. The minimum absolute atomic E-state index is 0.0521. The quantitative estimate of drug-likeness (QED) is 0.207. The Bertz CT molecular complexity index is 1610. The van der Waals surface area contributed by atoms with E-state index in [2.05, 4.69) is 0 Å². The van der Waals surface area contributed by atoms with Gasteiger partial charge in [0, 0.05) is 23.1 Å². The van der Waals surface area contributed by atoms with Crippen molar-refractivity contribution in [2.45, 2.75) is 11.8 Å². The maximum atomic E-state index is 13.6. The number of anilines is 1. The van der Waals surface area contributed by atoms with Gasteiger partial charge in [-0.3, -0.25) is 14.9 Å². The zero-order chi connectivity index (χ0) is 26.2. The van der Waals surface area contributed by atoms with Crippen molar-refractivity contribution in [1.29, 1.82) is 0 Å². The summed E-state index contributed by atoms with van der Waals surface area (Å²) in [6.07, 6.45) is 0. The van der Waals surface area contributed by atoms with Crippen LogP contribution in [-0.4, -0.2) is 32.3 Å². The first-order valence-electron chi connectivity index (χ1n) is 10.3. The number of non-ortho nitro benzene ring substituents is 1. The molecule has 4 rings (SSSR count). The first kappa shape index (κ1) is 24.5. The number of fused-ring (bicyclic) bond motifs is 1. The van der Waals surface area contributed by atoms with Gasteiger partial charge in [0.2, 0.25) is 0 Å². The molecule has 36 heavy (non-hydrogen) atoms. The van der Waals surface area contributed by atoms with E-state index in [0.29, 0.717) is 4.31 Å². The molecule has 1 heterocycles. The summed E-state index contributed by atoms with van der Waals surface area (Å²) in [4.78, 5) is 35.8. The highest BCUT2D eigenvalue weighted by Gasteiger charge is 2.33. The van der Waals surface area contributed by atoms with Crippen LogP contribution in [0.3, 0.4) is 0 Å². The van der Waals surface area contributed by atoms with E-state index in [-0.39, 0.29) is 44.1 Å². The fraction of sp³-hybridized carbons (Fsp3) is 0.0833. The van der Waals surface area contributed by atoms with E-state index >= 15 is 0 Å². The average molecular weight is 512 g/mol. The maximum absolute atomic E-state index is 13.6. The zero-order valence-electron chi connectivity index (χ0n) is 18.8. The van der Waals surface area contributed by atoms with Gasteiger partial charge in [-0.05, 0) is 61.5 Å². The Morgan fingerprint density at radius 1 is 1.03 bits per heavy atom. The molecule has 1 amide bonds. The lowest BCUT2D eigenvalue weighted by Gasteiger charge is -2.23. The molecule has 0 spiro atoms. The summed E-state index contributed by atoms with van der Waals surface area (Å²) in [5, 5.41) is 11.2. The average Bonchev–Trinajstić information content (AvgIpc) is 3.18. The lowest BCUT2D eigenvalue weighted by molar-refractivity contribution is -0.384. The molecule has 0 saturated carbocycles. The Labute approximate surface area is 203 Å². The molecule has 1 aromatic heterocycles. The number of furan rings is 1. The Morgan fingerprint density at radius 3 is 2.25 bits per heavy atom. The van der Waals surface area contributed by atoms with Crippen LogP contribution >= 0.6 is 0 Å². The van der Waals surface area contributed by atoms with Crippen molar-refractivity contribution in [3.8, 4) is 0 Å². The number of hydrogen-bond acceptors (Lipinski definition) is 8. The smallest absolute Gasteiger partial charge is 0.342 e. The van der Waals surface area contributed by atoms with Crippen LogP contribution in [0.4, 0.5) is 15.8 Å². The number of nitro groups is 1. The van der Waals surface area contributed by atoms with Gasteiger partial charge in [-0.2, -0.15) is 4.31 Å². The van der Waals surface area contributed by atoms with E-state index in [9.17, 15) is 32.5 Å². The van der Waals surface area contributed by atoms with Crippen molar-refractivity contribution in [3.05, 3.63) is 99.5 Å². The standard InChI is InChI=1S/C24H17FN2O8S/c1-14-22(24(29)34-2)20-13-18(9-12-21(20)35-14)26(36(32,33)19-10-5-16(25)6-11-19)23(28)15-3-7-17(8-4-15)27(30)31/h3-13H,1-2H3. The molecule has 0 N–H and O–H groups in total. The maximum Gasteiger partial charge on any atom is 0.342 e. The van der Waals surface area contributed by atoms with Crippen LogP contribution in [0.15, 0.2) is 76.0 Å². The monoisotopic (exact) mass is 512 g/mol. The van der Waals surface area contributed by atoms with Crippen LogP contribution in [0, 0.1) is 22.9 Å². The van der Waals surface area contributed by atoms with Crippen LogP contribution in [0.5, 0.6) is 0 Å². The Morgan fingerprint density at radius 2 is 1.67 bits per heavy atom. The number of nitro benzene ring substituents is 1. The highest BCUT2D eigenvalue weighted by molar-refractivity contribution is 7.93. The van der Waals surface area contributed by atoms with Gasteiger partial charge in [-0.25, -0.2) is 17.6 Å². The van der Waals surface area contributed by atoms with E-state index in [0.717, 1.165) is 48.5 Å². The lowest BCUT2D eigenvalue weighted by atomic mass is 10.1. The number of carbonyl (C=O) groups excluding carboxylic acids is 2. The third-order valence-electron chi connectivity index (χ3n) is 5.33. The largest absolute Gasteiger partial charge is 0.465 e. The number of methoxy groups -OCH3 is 1. The van der Waals surface area contributed by atoms with Crippen molar-refractivity contribution in [2.75, 3.05) is 11.4 Å². The van der Waals surface area contributed by atoms with Gasteiger partial charge in [-0.1, -0.05) is 0 Å². The van der Waals surface area contributed by atoms with Crippen LogP contribution in [0.25, 0.3) is 11.0 Å². The summed E-state index contributed by atoms with van der Waals surface area (Å²) in [5.74, 6) is -2.21. The number of hydrogen-bond donors (Lipinski definition) is 0. The number of sulfonamides is 1. The molecule has 0 atom stereocenters. The number of carbonyl (C=O) groups is 2. The first-order chi connectivity index (χ1) is 17.0. The number of rotatable bonds is 6. The minimum atomic E-state index is -4.61. The molecule has 0 aliphatic rings. The van der Waals surface area contributed by atoms with E-state index < -0.39 is 32.6 Å². The van der Waals surface area contributed by atoms with E-state index in [1.165, 1.54) is 32.2 Å². The van der Waals surface area contributed by atoms with Crippen LogP contribution < -0.4 is 4.31 Å². The number of esters is 1. The molecule has 4 aromatic rings. The highest BCUT2D eigenvalue weighted by atomic mass is 32.2. The summed E-state index contributed by atoms with van der Waals surface area (Å²) in [6.45, 7) is 1.53. The molecule has 3 aromatic carbocycles. The summed E-state index contributed by atoms with van der Waals surface area (Å²) >= 11 is 0. The van der Waals surface area contributed by atoms with Crippen molar-refractivity contribution in [2.24, 2.45) is 0 Å². The van der Waals surface area contributed by atoms with Gasteiger partial charge in [0.15, 0.2) is 0 Å². The number of ether oxygens (including phenoxy) is 1. The van der Waals surface area contributed by atoms with Crippen LogP contribution in [0.2, 0.25) is 0 Å². The molecule has 0 aliphatic heterocycles. The topological polar surface area (TPSA) is 137 Å². The van der Waals surface area contributed by atoms with Gasteiger partial charge >= 0.3 is 5.97 Å². The number of amides is 1. The molecule has 0 unspecified atom stereocenters. The second-order valence-corrected chi connectivity index (χ2v) is 9.32. The zero-order valence-corrected chi connectivity index (χ0v) is 19.6. The molecule has 0 bridgehead atoms. The summed E-state index contributed by atoms with van der Waals surface area (Å²) < 4.78 is 51.5. The molecular formula is C24H17FN2O8S. The predicted molar refractivity (Wildman–Crippen MR) is 126 cm³/mol. The number of halogens is 1. The van der Waals surface area contributed by atoms with Crippen molar-refractivity contribution in [1.82, 2.24) is 0 Å². The number of benzene rings is 3. The molecule has 0 radical (unpaired) electrons. The molecule has 12 heteroatoms. The molecule has 0 saturated heterocycles. The number of aryl methyl sites for hydroxylation is 1. The normalized spacial score (nSPS) is 11.3. The van der Waals surface area contributed by atoms with Gasteiger partial charge in [0.05, 0.1) is 22.6 Å². The van der Waals surface area contributed by atoms with Gasteiger partial charge in [0.25, 0.3) is 21.6 Å². The fourth-order valence-corrected chi connectivity index (χ4v) is 5.02. The molecular weight excluding hydrogens is 495 g/mol. The number of nitrogens with zero attached hydrogens (tertiary/aromatic N) is 2. The molecule has 0 fully saturated rings. The summed E-state index contributed by atoms with van der Waals surface area (Å²) in [5.41, 5.74) is -0.309. The van der Waals surface area contributed by atoms with Crippen molar-refractivity contribution >= 4 is 44.2 Å². The molecule has 0 aliphatic carbocycles. The summed E-state index contributed by atoms with van der Waals surface area (Å²) in [6, 6.07) is 12.2. The lowest BCUT2D eigenvalue weighted by Crippen LogP contribution is -2.37. The Kier molecular flexibility index (Phi) is 6.29. The third-order valence-corrected chi connectivity index (χ3v) is 7.06. The second-order valence-electron chi connectivity index (χ2n) is 7.54. The van der Waals surface area contributed by atoms with E-state index in [4.69, 9.17) is 9.15 Å². The van der Waals surface area contributed by atoms with Gasteiger partial charge < -0.3 is 9.15 Å². The van der Waals surface area contributed by atoms with Crippen molar-refractivity contribution in [3.63, 3.8) is 0 Å². The third kappa shape index (κ3) is 4.29. The van der Waals surface area contributed by atoms with Gasteiger partial charge in [-0.15, -0.1) is 0 Å². The summed E-state index contributed by atoms with van der Waals surface area (Å²) in [7, 11) is -3.43. The SMILES string of the molecule is COC(=O)c1c(C)oc2ccc(N(C(=O)c3ccc([N+](=O)[O-])cc3)S(=O)(=O)c3ccc(F)cc3)cc12. The molecule has 184 valence electrons. The van der Waals surface area contributed by atoms with E-state index in [1.54, 1.807) is 0 Å². The van der Waals surface area contributed by atoms with Gasteiger partial charge in [0.1, 0.15) is 22.7 Å². The van der Waals surface area contributed by atoms with E-state index in [1.807, 2.05) is 0 Å². The second kappa shape index (κ2) is 9.23. The van der Waals surface area contributed by atoms with Crippen LogP contribution in [0.1, 0.15) is 26.5 Å². The minimum Gasteiger partial charge on any atom is -0.465 e. The van der Waals surface area contributed by atoms with Crippen molar-refractivity contribution < 1.29 is 36.5 Å². The van der Waals surface area contributed by atoms with Crippen LogP contribution in [-0.2, 0) is 14.8 Å². The first-order valence-corrected chi connectivity index (χ1v) is 11.7. The Balaban J connectivity index is 1.93.